The van der Waals surface area contributed by atoms with E-state index in [-0.39, 0.29) is 5.56 Å². The maximum absolute atomic E-state index is 11.6. The van der Waals surface area contributed by atoms with Crippen LogP contribution in [0.5, 0.6) is 0 Å². The minimum Gasteiger partial charge on any atom is -0.478 e. The Bertz CT molecular complexity index is 1470. The molecule has 0 amide bonds. The Hall–Kier alpha value is -4.00. The highest BCUT2D eigenvalue weighted by molar-refractivity contribution is 5.95. The molecule has 3 aromatic heterocycles. The highest BCUT2D eigenvalue weighted by atomic mass is 16.4. The Labute approximate surface area is 184 Å². The van der Waals surface area contributed by atoms with Crippen LogP contribution < -0.4 is 0 Å². The highest BCUT2D eigenvalue weighted by Crippen LogP contribution is 2.28. The van der Waals surface area contributed by atoms with Crippen molar-refractivity contribution in [2.45, 2.75) is 33.2 Å². The van der Waals surface area contributed by atoms with Gasteiger partial charge in [0.1, 0.15) is 16.9 Å². The molecule has 0 fully saturated rings. The molecule has 0 atom stereocenters. The second kappa shape index (κ2) is 7.92. The van der Waals surface area contributed by atoms with Gasteiger partial charge in [0.25, 0.3) is 0 Å². The number of imidazole rings is 1. The number of benzene rings is 2. The van der Waals surface area contributed by atoms with E-state index in [4.69, 9.17) is 9.40 Å². The molecule has 0 aliphatic heterocycles. The number of oxazole rings is 1. The Balaban J connectivity index is 1.56. The molecule has 0 saturated carbocycles. The van der Waals surface area contributed by atoms with Gasteiger partial charge in [-0.2, -0.15) is 0 Å². The number of rotatable bonds is 6. The number of aromatic carboxylic acids is 1. The van der Waals surface area contributed by atoms with E-state index >= 15 is 0 Å². The molecule has 0 unspecified atom stereocenters. The van der Waals surface area contributed by atoms with Crippen LogP contribution in [0.15, 0.2) is 59.1 Å². The molecule has 0 bridgehead atoms. The minimum atomic E-state index is -1.01. The van der Waals surface area contributed by atoms with E-state index in [1.807, 2.05) is 37.4 Å². The predicted molar refractivity (Wildman–Crippen MR) is 122 cm³/mol. The molecule has 1 N–H and O–H groups in total. The van der Waals surface area contributed by atoms with Crippen LogP contribution in [0.1, 0.15) is 40.7 Å². The van der Waals surface area contributed by atoms with Crippen LogP contribution in [0.3, 0.4) is 0 Å². The van der Waals surface area contributed by atoms with Crippen molar-refractivity contribution in [1.29, 1.82) is 0 Å². The monoisotopic (exact) mass is 426 g/mol. The molecule has 0 aliphatic carbocycles. The average molecular weight is 426 g/mol. The van der Waals surface area contributed by atoms with Crippen LogP contribution in [0, 0.1) is 6.92 Å². The third kappa shape index (κ3) is 3.41. The summed E-state index contributed by atoms with van der Waals surface area (Å²) in [5, 5.41) is 9.48. The number of aromatic nitrogens is 4. The maximum Gasteiger partial charge on any atom is 0.336 e. The summed E-state index contributed by atoms with van der Waals surface area (Å²) in [5.41, 5.74) is 5.88. The second-order valence-electron chi connectivity index (χ2n) is 7.84. The third-order valence-electron chi connectivity index (χ3n) is 5.57. The SMILES string of the molecule is CCCc1nc2c(C)ccnc2n1Cc1ccc2nc(-c3ccccc3C(=O)O)oc2c1. The van der Waals surface area contributed by atoms with Gasteiger partial charge in [0.2, 0.25) is 5.89 Å². The molecular formula is C25H22N4O3. The van der Waals surface area contributed by atoms with Crippen LogP contribution in [-0.4, -0.2) is 30.6 Å². The third-order valence-corrected chi connectivity index (χ3v) is 5.57. The zero-order valence-electron chi connectivity index (χ0n) is 17.9. The molecule has 2 aromatic carbocycles. The first kappa shape index (κ1) is 19.9. The fourth-order valence-corrected chi connectivity index (χ4v) is 3.99. The highest BCUT2D eigenvalue weighted by Gasteiger charge is 2.17. The summed E-state index contributed by atoms with van der Waals surface area (Å²) in [4.78, 5) is 25.5. The zero-order chi connectivity index (χ0) is 22.2. The Morgan fingerprint density at radius 1 is 1.12 bits per heavy atom. The molecule has 0 saturated heterocycles. The van der Waals surface area contributed by atoms with Crippen molar-refractivity contribution in [2.24, 2.45) is 0 Å². The Morgan fingerprint density at radius 2 is 1.97 bits per heavy atom. The van der Waals surface area contributed by atoms with Crippen molar-refractivity contribution >= 4 is 28.2 Å². The van der Waals surface area contributed by atoms with Gasteiger partial charge in [-0.1, -0.05) is 25.1 Å². The summed E-state index contributed by atoms with van der Waals surface area (Å²) in [6.45, 7) is 4.80. The number of hydrogen-bond acceptors (Lipinski definition) is 5. The molecule has 5 aromatic rings. The number of carboxylic acids is 1. The van der Waals surface area contributed by atoms with Crippen molar-refractivity contribution in [3.63, 3.8) is 0 Å². The maximum atomic E-state index is 11.6. The van der Waals surface area contributed by atoms with Gasteiger partial charge >= 0.3 is 5.97 Å². The Morgan fingerprint density at radius 3 is 2.78 bits per heavy atom. The smallest absolute Gasteiger partial charge is 0.336 e. The second-order valence-corrected chi connectivity index (χ2v) is 7.84. The lowest BCUT2D eigenvalue weighted by atomic mass is 10.1. The summed E-state index contributed by atoms with van der Waals surface area (Å²) >= 11 is 0. The molecule has 3 heterocycles. The van der Waals surface area contributed by atoms with Crippen LogP contribution >= 0.6 is 0 Å². The van der Waals surface area contributed by atoms with Crippen molar-refractivity contribution in [1.82, 2.24) is 19.5 Å². The van der Waals surface area contributed by atoms with Gasteiger partial charge in [0.05, 0.1) is 17.7 Å². The lowest BCUT2D eigenvalue weighted by Gasteiger charge is -2.08. The summed E-state index contributed by atoms with van der Waals surface area (Å²) in [7, 11) is 0. The van der Waals surface area contributed by atoms with Crippen molar-refractivity contribution in [2.75, 3.05) is 0 Å². The first-order valence-electron chi connectivity index (χ1n) is 10.6. The van der Waals surface area contributed by atoms with Crippen molar-refractivity contribution < 1.29 is 14.3 Å². The van der Waals surface area contributed by atoms with Crippen LogP contribution in [0.2, 0.25) is 0 Å². The molecule has 5 rings (SSSR count). The van der Waals surface area contributed by atoms with Crippen LogP contribution in [-0.2, 0) is 13.0 Å². The van der Waals surface area contributed by atoms with Crippen molar-refractivity contribution in [3.8, 4) is 11.5 Å². The molecule has 160 valence electrons. The van der Waals surface area contributed by atoms with Gasteiger partial charge in [-0.15, -0.1) is 0 Å². The zero-order valence-corrected chi connectivity index (χ0v) is 17.9. The number of fused-ring (bicyclic) bond motifs is 2. The van der Waals surface area contributed by atoms with Crippen LogP contribution in [0.4, 0.5) is 0 Å². The molecule has 7 heteroatoms. The van der Waals surface area contributed by atoms with E-state index in [0.717, 1.165) is 41.0 Å². The van der Waals surface area contributed by atoms with Gasteiger partial charge in [-0.25, -0.2) is 19.7 Å². The lowest BCUT2D eigenvalue weighted by Crippen LogP contribution is -2.06. The molecular weight excluding hydrogens is 404 g/mol. The van der Waals surface area contributed by atoms with E-state index in [1.54, 1.807) is 24.3 Å². The molecule has 0 spiro atoms. The fourth-order valence-electron chi connectivity index (χ4n) is 3.99. The molecule has 0 radical (unpaired) electrons. The van der Waals surface area contributed by atoms with E-state index in [1.165, 1.54) is 0 Å². The quantitative estimate of drug-likeness (QED) is 0.399. The number of pyridine rings is 1. The fraction of sp³-hybridized carbons (Fsp3) is 0.200. The largest absolute Gasteiger partial charge is 0.478 e. The first-order chi connectivity index (χ1) is 15.5. The normalized spacial score (nSPS) is 11.4. The molecule has 7 nitrogen and oxygen atoms in total. The molecule has 0 aliphatic rings. The average Bonchev–Trinajstić information content (AvgIpc) is 3.36. The van der Waals surface area contributed by atoms with Gasteiger partial charge in [-0.05, 0) is 54.8 Å². The minimum absolute atomic E-state index is 0.162. The summed E-state index contributed by atoms with van der Waals surface area (Å²) in [6.07, 6.45) is 3.68. The van der Waals surface area contributed by atoms with Gasteiger partial charge in [0.15, 0.2) is 11.2 Å². The van der Waals surface area contributed by atoms with Crippen molar-refractivity contribution in [3.05, 3.63) is 77.2 Å². The van der Waals surface area contributed by atoms with E-state index in [0.29, 0.717) is 29.1 Å². The Kier molecular flexibility index (Phi) is 4.93. The van der Waals surface area contributed by atoms with Gasteiger partial charge in [-0.3, -0.25) is 0 Å². The standard InChI is InChI=1S/C25H22N4O3/c1-3-6-21-28-22-15(2)11-12-26-23(22)29(21)14-16-9-10-19-20(13-16)32-24(27-19)17-7-4-5-8-18(17)25(30)31/h4-5,7-13H,3,6,14H2,1-2H3,(H,30,31). The molecule has 32 heavy (non-hydrogen) atoms. The number of carboxylic acid groups (broad SMARTS) is 1. The number of carbonyl (C=O) groups is 1. The van der Waals surface area contributed by atoms with E-state index in [2.05, 4.69) is 21.5 Å². The number of aryl methyl sites for hydroxylation is 2. The predicted octanol–water partition coefficient (Wildman–Crippen LogP) is 5.25. The van der Waals surface area contributed by atoms with E-state index in [9.17, 15) is 9.90 Å². The number of nitrogens with zero attached hydrogens (tertiary/aromatic N) is 4. The summed E-state index contributed by atoms with van der Waals surface area (Å²) in [6, 6.07) is 14.6. The topological polar surface area (TPSA) is 94.0 Å². The van der Waals surface area contributed by atoms with Gasteiger partial charge in [0, 0.05) is 12.6 Å². The summed E-state index contributed by atoms with van der Waals surface area (Å²) < 4.78 is 8.13. The van der Waals surface area contributed by atoms with E-state index < -0.39 is 5.97 Å². The lowest BCUT2D eigenvalue weighted by molar-refractivity contribution is 0.0697. The first-order valence-corrected chi connectivity index (χ1v) is 10.6. The van der Waals surface area contributed by atoms with Crippen LogP contribution in [0.25, 0.3) is 33.7 Å². The summed E-state index contributed by atoms with van der Waals surface area (Å²) in [5.74, 6) is 0.298. The number of hydrogen-bond donors (Lipinski definition) is 1. The van der Waals surface area contributed by atoms with Gasteiger partial charge < -0.3 is 14.1 Å².